The van der Waals surface area contributed by atoms with Gasteiger partial charge in [-0.05, 0) is 61.8 Å². The molecule has 31 heavy (non-hydrogen) atoms. The molecule has 0 unspecified atom stereocenters. The van der Waals surface area contributed by atoms with Crippen molar-refractivity contribution in [2.24, 2.45) is 22.6 Å². The van der Waals surface area contributed by atoms with Crippen LogP contribution in [0.3, 0.4) is 0 Å². The van der Waals surface area contributed by atoms with Gasteiger partial charge in [-0.15, -0.1) is 0 Å². The predicted octanol–water partition coefficient (Wildman–Crippen LogP) is 4.30. The van der Waals surface area contributed by atoms with E-state index in [0.717, 1.165) is 54.2 Å². The van der Waals surface area contributed by atoms with E-state index in [9.17, 15) is 0 Å². The Kier molecular flexibility index (Phi) is 4.62. The van der Waals surface area contributed by atoms with Crippen molar-refractivity contribution in [2.75, 3.05) is 13.2 Å². The molecule has 3 heterocycles. The molecule has 1 aromatic heterocycles. The molecule has 1 spiro atoms. The third-order valence-corrected chi connectivity index (χ3v) is 7.34. The zero-order valence-electron chi connectivity index (χ0n) is 17.3. The highest BCUT2D eigenvalue weighted by Crippen LogP contribution is 2.53. The van der Waals surface area contributed by atoms with Gasteiger partial charge in [0.05, 0.1) is 11.1 Å². The van der Waals surface area contributed by atoms with E-state index in [-0.39, 0.29) is 24.1 Å². The van der Waals surface area contributed by atoms with Gasteiger partial charge in [-0.3, -0.25) is 4.98 Å². The lowest BCUT2D eigenvalue weighted by atomic mass is 9.67. The molecule has 4 aliphatic rings. The van der Waals surface area contributed by atoms with Gasteiger partial charge < -0.3 is 19.9 Å². The average molecular weight is 440 g/mol. The Morgan fingerprint density at radius 1 is 1.13 bits per heavy atom. The first-order chi connectivity index (χ1) is 15.1. The molecule has 6 nitrogen and oxygen atoms in total. The molecule has 0 amide bonds. The van der Waals surface area contributed by atoms with Crippen LogP contribution >= 0.6 is 11.6 Å². The van der Waals surface area contributed by atoms with Crippen molar-refractivity contribution in [3.8, 4) is 16.9 Å². The Morgan fingerprint density at radius 3 is 2.81 bits per heavy atom. The van der Waals surface area contributed by atoms with E-state index in [1.807, 2.05) is 24.4 Å². The second-order valence-corrected chi connectivity index (χ2v) is 9.68. The summed E-state index contributed by atoms with van der Waals surface area (Å²) in [5.74, 6) is 1.78. The summed E-state index contributed by atoms with van der Waals surface area (Å²) >= 11 is 6.18. The molecule has 6 rings (SSSR count). The monoisotopic (exact) mass is 439 g/mol. The van der Waals surface area contributed by atoms with E-state index in [1.54, 1.807) is 6.20 Å². The van der Waals surface area contributed by atoms with Crippen LogP contribution in [-0.2, 0) is 15.0 Å². The number of nitrogens with two attached hydrogens (primary N) is 1. The number of halogens is 1. The third kappa shape index (κ3) is 3.46. The van der Waals surface area contributed by atoms with Crippen LogP contribution in [0, 0.1) is 11.8 Å². The molecule has 2 aliphatic heterocycles. The van der Waals surface area contributed by atoms with E-state index in [4.69, 9.17) is 36.5 Å². The molecular weight excluding hydrogens is 414 g/mol. The molecule has 2 N–H and O–H groups in total. The van der Waals surface area contributed by atoms with Crippen molar-refractivity contribution < 1.29 is 14.2 Å². The molecule has 1 aromatic carbocycles. The van der Waals surface area contributed by atoms with Crippen LogP contribution in [0.2, 0.25) is 5.02 Å². The van der Waals surface area contributed by atoms with Crippen LogP contribution in [0.4, 0.5) is 0 Å². The zero-order valence-corrected chi connectivity index (χ0v) is 18.1. The topological polar surface area (TPSA) is 79.0 Å². The summed E-state index contributed by atoms with van der Waals surface area (Å²) in [6.07, 6.45) is 9.26. The van der Waals surface area contributed by atoms with Crippen molar-refractivity contribution in [2.45, 2.75) is 49.9 Å². The number of amidine groups is 1. The van der Waals surface area contributed by atoms with Gasteiger partial charge >= 0.3 is 0 Å². The number of rotatable bonds is 4. The van der Waals surface area contributed by atoms with Gasteiger partial charge in [-0.1, -0.05) is 17.7 Å². The number of aliphatic imine (C=N–C) groups is 1. The number of nitrogens with zero attached hydrogens (tertiary/aromatic N) is 2. The van der Waals surface area contributed by atoms with Crippen LogP contribution in [0.25, 0.3) is 11.1 Å². The standard InChI is InChI=1S/C24H26ClN3O3/c25-17-7-16(10-27-11-17)15-3-5-21-19(8-15)24(13-30-23(26)28-24)20-9-18(4-6-22(20)31-21)29-12-14-1-2-14/h3,5,7-8,10-11,14,18,20,22H,1-2,4,6,9,12-13H2,(H2,26,28)/t18-,20+,22+,24-/m1/s1. The molecule has 7 heteroatoms. The van der Waals surface area contributed by atoms with E-state index in [2.05, 4.69) is 11.1 Å². The zero-order chi connectivity index (χ0) is 21.0. The van der Waals surface area contributed by atoms with Crippen LogP contribution in [0.15, 0.2) is 41.7 Å². The summed E-state index contributed by atoms with van der Waals surface area (Å²) in [5.41, 5.74) is 8.51. The van der Waals surface area contributed by atoms with Crippen LogP contribution in [-0.4, -0.2) is 36.4 Å². The number of fused-ring (bicyclic) bond motifs is 4. The Balaban J connectivity index is 1.38. The minimum absolute atomic E-state index is 0.0882. The van der Waals surface area contributed by atoms with Gasteiger partial charge in [0.15, 0.2) is 0 Å². The SMILES string of the molecule is NC1=N[C@]2(CO1)c1cc(-c3cncc(Cl)c3)ccc1O[C@H]1CC[C@@H](OCC3CC3)C[C@@H]12. The second-order valence-electron chi connectivity index (χ2n) is 9.24. The molecule has 2 saturated carbocycles. The maximum absolute atomic E-state index is 6.50. The van der Waals surface area contributed by atoms with Crippen molar-refractivity contribution >= 4 is 17.6 Å². The molecule has 2 aliphatic carbocycles. The summed E-state index contributed by atoms with van der Waals surface area (Å²) in [7, 11) is 0. The van der Waals surface area contributed by atoms with E-state index < -0.39 is 5.54 Å². The van der Waals surface area contributed by atoms with Crippen molar-refractivity contribution in [3.63, 3.8) is 0 Å². The largest absolute Gasteiger partial charge is 0.490 e. The highest BCUT2D eigenvalue weighted by molar-refractivity contribution is 6.30. The number of aromatic nitrogens is 1. The van der Waals surface area contributed by atoms with Gasteiger partial charge in [0.2, 0.25) is 0 Å². The lowest BCUT2D eigenvalue weighted by molar-refractivity contribution is -0.0643. The van der Waals surface area contributed by atoms with Gasteiger partial charge in [0.25, 0.3) is 6.02 Å². The predicted molar refractivity (Wildman–Crippen MR) is 118 cm³/mol. The normalized spacial score (nSPS) is 31.4. The summed E-state index contributed by atoms with van der Waals surface area (Å²) in [6, 6.07) is 8.39. The summed E-state index contributed by atoms with van der Waals surface area (Å²) < 4.78 is 18.5. The summed E-state index contributed by atoms with van der Waals surface area (Å²) in [6.45, 7) is 1.31. The van der Waals surface area contributed by atoms with Gasteiger partial charge in [0, 0.05) is 36.0 Å². The summed E-state index contributed by atoms with van der Waals surface area (Å²) in [4.78, 5) is 9.13. The van der Waals surface area contributed by atoms with E-state index >= 15 is 0 Å². The first-order valence-electron chi connectivity index (χ1n) is 11.1. The lowest BCUT2D eigenvalue weighted by Gasteiger charge is -2.48. The number of hydrogen-bond donors (Lipinski definition) is 1. The van der Waals surface area contributed by atoms with Gasteiger partial charge in [-0.2, -0.15) is 0 Å². The first kappa shape index (κ1) is 19.4. The Hall–Kier alpha value is -2.31. The van der Waals surface area contributed by atoms with Crippen LogP contribution in [0.5, 0.6) is 5.75 Å². The Morgan fingerprint density at radius 2 is 2.03 bits per heavy atom. The van der Waals surface area contributed by atoms with E-state index in [0.29, 0.717) is 11.6 Å². The fourth-order valence-electron chi connectivity index (χ4n) is 5.31. The summed E-state index contributed by atoms with van der Waals surface area (Å²) in [5, 5.41) is 0.607. The number of benzene rings is 1. The van der Waals surface area contributed by atoms with E-state index in [1.165, 1.54) is 12.8 Å². The van der Waals surface area contributed by atoms with Crippen molar-refractivity contribution in [1.29, 1.82) is 0 Å². The number of ether oxygens (including phenoxy) is 3. The Bertz CT molecular complexity index is 1040. The van der Waals surface area contributed by atoms with Crippen LogP contribution in [0.1, 0.15) is 37.7 Å². The third-order valence-electron chi connectivity index (χ3n) is 7.13. The van der Waals surface area contributed by atoms with Crippen LogP contribution < -0.4 is 10.5 Å². The molecule has 2 aromatic rings. The highest BCUT2D eigenvalue weighted by Gasteiger charge is 2.55. The molecule has 0 radical (unpaired) electrons. The molecule has 0 saturated heterocycles. The number of pyridine rings is 1. The fraction of sp³-hybridized carbons (Fsp3) is 0.500. The maximum Gasteiger partial charge on any atom is 0.283 e. The second kappa shape index (κ2) is 7.38. The van der Waals surface area contributed by atoms with Crippen molar-refractivity contribution in [1.82, 2.24) is 4.98 Å². The molecule has 162 valence electrons. The fourth-order valence-corrected chi connectivity index (χ4v) is 5.49. The maximum atomic E-state index is 6.50. The minimum Gasteiger partial charge on any atom is -0.490 e. The Labute approximate surface area is 186 Å². The number of hydrogen-bond acceptors (Lipinski definition) is 6. The molecule has 2 fully saturated rings. The highest BCUT2D eigenvalue weighted by atomic mass is 35.5. The molecule has 0 bridgehead atoms. The smallest absolute Gasteiger partial charge is 0.283 e. The quantitative estimate of drug-likeness (QED) is 0.768. The first-order valence-corrected chi connectivity index (χ1v) is 11.5. The lowest BCUT2D eigenvalue weighted by Crippen LogP contribution is -2.52. The van der Waals surface area contributed by atoms with Crippen molar-refractivity contribution in [3.05, 3.63) is 47.2 Å². The molecular formula is C24H26ClN3O3. The van der Waals surface area contributed by atoms with Gasteiger partial charge in [0.1, 0.15) is 24.0 Å². The average Bonchev–Trinajstić information content (AvgIpc) is 3.53. The molecule has 4 atom stereocenters. The van der Waals surface area contributed by atoms with Gasteiger partial charge in [-0.25, -0.2) is 4.99 Å². The minimum atomic E-state index is -0.550.